The summed E-state index contributed by atoms with van der Waals surface area (Å²) >= 11 is 0. The Morgan fingerprint density at radius 2 is 2.05 bits per heavy atom. The van der Waals surface area contributed by atoms with Crippen molar-refractivity contribution < 1.29 is 4.74 Å². The number of ether oxygens (including phenoxy) is 1. The van der Waals surface area contributed by atoms with Crippen LogP contribution in [0.4, 0.5) is 0 Å². The minimum atomic E-state index is 0.203. The molecule has 3 N–H and O–H groups in total. The van der Waals surface area contributed by atoms with E-state index < -0.39 is 0 Å². The number of hydrogen-bond donors (Lipinski definition) is 2. The van der Waals surface area contributed by atoms with Gasteiger partial charge in [-0.1, -0.05) is 18.2 Å². The molecule has 3 nitrogen and oxygen atoms in total. The molecule has 0 amide bonds. The molecule has 1 aliphatic rings. The zero-order valence-electron chi connectivity index (χ0n) is 12.3. The van der Waals surface area contributed by atoms with E-state index in [1.165, 1.54) is 29.5 Å². The van der Waals surface area contributed by atoms with Crippen molar-refractivity contribution in [1.82, 2.24) is 5.43 Å². The Hall–Kier alpha value is -0.900. The van der Waals surface area contributed by atoms with Crippen LogP contribution in [0.5, 0.6) is 0 Å². The van der Waals surface area contributed by atoms with Crippen LogP contribution in [0.2, 0.25) is 0 Å². The summed E-state index contributed by atoms with van der Waals surface area (Å²) in [5, 5.41) is 0. The van der Waals surface area contributed by atoms with Gasteiger partial charge in [0.05, 0.1) is 12.1 Å². The first-order valence-corrected chi connectivity index (χ1v) is 7.29. The molecule has 0 bridgehead atoms. The van der Waals surface area contributed by atoms with E-state index in [0.29, 0.717) is 5.92 Å². The molecule has 2 atom stereocenters. The van der Waals surface area contributed by atoms with Crippen molar-refractivity contribution in [3.05, 3.63) is 34.9 Å². The van der Waals surface area contributed by atoms with E-state index in [2.05, 4.69) is 44.4 Å². The fourth-order valence-corrected chi connectivity index (χ4v) is 2.65. The lowest BCUT2D eigenvalue weighted by atomic mass is 9.96. The third-order valence-corrected chi connectivity index (χ3v) is 4.08. The second-order valence-electron chi connectivity index (χ2n) is 5.65. The fourth-order valence-electron chi connectivity index (χ4n) is 2.65. The van der Waals surface area contributed by atoms with Gasteiger partial charge in [0.1, 0.15) is 0 Å². The molecule has 1 fully saturated rings. The van der Waals surface area contributed by atoms with Gasteiger partial charge in [0, 0.05) is 6.61 Å². The van der Waals surface area contributed by atoms with Crippen molar-refractivity contribution in [3.63, 3.8) is 0 Å². The van der Waals surface area contributed by atoms with E-state index in [1.54, 1.807) is 0 Å². The number of aryl methyl sites for hydroxylation is 2. The van der Waals surface area contributed by atoms with E-state index in [9.17, 15) is 0 Å². The van der Waals surface area contributed by atoms with Crippen LogP contribution in [-0.4, -0.2) is 18.8 Å². The van der Waals surface area contributed by atoms with Gasteiger partial charge < -0.3 is 4.74 Å². The summed E-state index contributed by atoms with van der Waals surface area (Å²) in [7, 11) is 0. The van der Waals surface area contributed by atoms with Crippen LogP contribution >= 0.6 is 0 Å². The Morgan fingerprint density at radius 3 is 2.58 bits per heavy atom. The standard InChI is InChI=1S/C16H26N2O/c1-4-19-16(14-7-8-14)15(18-17)10-13-6-5-11(2)12(3)9-13/h5-6,9,14-16,18H,4,7-8,10,17H2,1-3H3. The molecular weight excluding hydrogens is 236 g/mol. The maximum absolute atomic E-state index is 5.90. The van der Waals surface area contributed by atoms with Gasteiger partial charge in [0.2, 0.25) is 0 Å². The number of nitrogens with two attached hydrogens (primary N) is 1. The first kappa shape index (κ1) is 14.5. The maximum Gasteiger partial charge on any atom is 0.0772 e. The molecule has 1 aromatic rings. The second-order valence-corrected chi connectivity index (χ2v) is 5.65. The lowest BCUT2D eigenvalue weighted by Gasteiger charge is -2.26. The molecule has 0 radical (unpaired) electrons. The van der Waals surface area contributed by atoms with Gasteiger partial charge in [-0.2, -0.15) is 0 Å². The van der Waals surface area contributed by atoms with Crippen LogP contribution in [0.15, 0.2) is 18.2 Å². The fraction of sp³-hybridized carbons (Fsp3) is 0.625. The summed E-state index contributed by atoms with van der Waals surface area (Å²) < 4.78 is 5.90. The number of rotatable bonds is 7. The quantitative estimate of drug-likeness (QED) is 0.586. The predicted octanol–water partition coefficient (Wildman–Crippen LogP) is 2.49. The third-order valence-electron chi connectivity index (χ3n) is 4.08. The lowest BCUT2D eigenvalue weighted by Crippen LogP contribution is -2.47. The Bertz CT molecular complexity index is 415. The summed E-state index contributed by atoms with van der Waals surface area (Å²) in [5.41, 5.74) is 6.97. The highest BCUT2D eigenvalue weighted by atomic mass is 16.5. The highest BCUT2D eigenvalue weighted by Gasteiger charge is 2.36. The molecule has 0 saturated heterocycles. The van der Waals surface area contributed by atoms with Crippen LogP contribution in [-0.2, 0) is 11.2 Å². The monoisotopic (exact) mass is 262 g/mol. The molecule has 106 valence electrons. The summed E-state index contributed by atoms with van der Waals surface area (Å²) in [4.78, 5) is 0. The summed E-state index contributed by atoms with van der Waals surface area (Å²) in [5.74, 6) is 6.44. The summed E-state index contributed by atoms with van der Waals surface area (Å²) in [6.45, 7) is 7.11. The smallest absolute Gasteiger partial charge is 0.0772 e. The van der Waals surface area contributed by atoms with Gasteiger partial charge in [0.25, 0.3) is 0 Å². The van der Waals surface area contributed by atoms with Gasteiger partial charge in [-0.15, -0.1) is 0 Å². The molecule has 0 aromatic heterocycles. The van der Waals surface area contributed by atoms with Gasteiger partial charge in [-0.05, 0) is 62.6 Å². The molecule has 19 heavy (non-hydrogen) atoms. The zero-order valence-corrected chi connectivity index (χ0v) is 12.3. The predicted molar refractivity (Wildman–Crippen MR) is 78.9 cm³/mol. The Kier molecular flexibility index (Phi) is 4.97. The van der Waals surface area contributed by atoms with Gasteiger partial charge in [0.15, 0.2) is 0 Å². The van der Waals surface area contributed by atoms with E-state index in [0.717, 1.165) is 13.0 Å². The van der Waals surface area contributed by atoms with Gasteiger partial charge >= 0.3 is 0 Å². The highest BCUT2D eigenvalue weighted by molar-refractivity contribution is 5.30. The van der Waals surface area contributed by atoms with E-state index in [-0.39, 0.29) is 12.1 Å². The maximum atomic E-state index is 5.90. The summed E-state index contributed by atoms with van der Waals surface area (Å²) in [6, 6.07) is 6.85. The van der Waals surface area contributed by atoms with Gasteiger partial charge in [-0.3, -0.25) is 11.3 Å². The SMILES string of the molecule is CCOC(C1CC1)C(Cc1ccc(C)c(C)c1)NN. The van der Waals surface area contributed by atoms with Crippen LogP contribution in [0.3, 0.4) is 0 Å². The van der Waals surface area contributed by atoms with Crippen molar-refractivity contribution in [1.29, 1.82) is 0 Å². The average Bonchev–Trinajstić information content (AvgIpc) is 3.22. The Balaban J connectivity index is 2.06. The van der Waals surface area contributed by atoms with Crippen molar-refractivity contribution in [2.24, 2.45) is 11.8 Å². The van der Waals surface area contributed by atoms with Gasteiger partial charge in [-0.25, -0.2) is 0 Å². The molecule has 2 unspecified atom stereocenters. The van der Waals surface area contributed by atoms with Crippen LogP contribution in [0.25, 0.3) is 0 Å². The third kappa shape index (κ3) is 3.78. The minimum Gasteiger partial charge on any atom is -0.377 e. The minimum absolute atomic E-state index is 0.203. The van der Waals surface area contributed by atoms with Crippen LogP contribution in [0, 0.1) is 19.8 Å². The lowest BCUT2D eigenvalue weighted by molar-refractivity contribution is 0.0192. The van der Waals surface area contributed by atoms with Crippen molar-refractivity contribution >= 4 is 0 Å². The first-order chi connectivity index (χ1) is 9.15. The van der Waals surface area contributed by atoms with E-state index in [1.807, 2.05) is 0 Å². The van der Waals surface area contributed by atoms with Crippen molar-refractivity contribution in [3.8, 4) is 0 Å². The molecular formula is C16H26N2O. The first-order valence-electron chi connectivity index (χ1n) is 7.29. The molecule has 0 spiro atoms. The second kappa shape index (κ2) is 6.51. The average molecular weight is 262 g/mol. The molecule has 1 aliphatic carbocycles. The van der Waals surface area contributed by atoms with Crippen molar-refractivity contribution in [2.75, 3.05) is 6.61 Å². The summed E-state index contributed by atoms with van der Waals surface area (Å²) in [6.07, 6.45) is 3.72. The van der Waals surface area contributed by atoms with E-state index in [4.69, 9.17) is 10.6 Å². The van der Waals surface area contributed by atoms with Crippen molar-refractivity contribution in [2.45, 2.75) is 52.2 Å². The molecule has 1 aromatic carbocycles. The van der Waals surface area contributed by atoms with Crippen LogP contribution < -0.4 is 11.3 Å². The number of nitrogens with one attached hydrogen (secondary N) is 1. The molecule has 0 heterocycles. The number of hydrogen-bond acceptors (Lipinski definition) is 3. The largest absolute Gasteiger partial charge is 0.377 e. The zero-order chi connectivity index (χ0) is 13.8. The van der Waals surface area contributed by atoms with E-state index >= 15 is 0 Å². The highest BCUT2D eigenvalue weighted by Crippen LogP contribution is 2.36. The Morgan fingerprint density at radius 1 is 1.32 bits per heavy atom. The Labute approximate surface area is 116 Å². The molecule has 3 heteroatoms. The molecule has 0 aliphatic heterocycles. The number of hydrazine groups is 1. The topological polar surface area (TPSA) is 47.3 Å². The normalized spacial score (nSPS) is 18.3. The molecule has 1 saturated carbocycles. The molecule has 2 rings (SSSR count). The van der Waals surface area contributed by atoms with Crippen LogP contribution in [0.1, 0.15) is 36.5 Å². The number of benzene rings is 1.